The third kappa shape index (κ3) is 4.78. The maximum absolute atomic E-state index is 11.3. The number of thiazole rings is 1. The fourth-order valence-corrected chi connectivity index (χ4v) is 6.65. The first kappa shape index (κ1) is 24.6. The highest BCUT2D eigenvalue weighted by Gasteiger charge is 2.29. The Hall–Kier alpha value is -3.72. The van der Waals surface area contributed by atoms with Gasteiger partial charge in [-0.05, 0) is 53.6 Å². The molecule has 0 spiro atoms. The van der Waals surface area contributed by atoms with Gasteiger partial charge in [0.05, 0.1) is 22.9 Å². The number of unbranched alkanes of at least 4 members (excludes halogenated alkanes) is 1. The van der Waals surface area contributed by atoms with E-state index in [0.29, 0.717) is 25.3 Å². The number of fused-ring (bicyclic) bond motifs is 4. The van der Waals surface area contributed by atoms with Gasteiger partial charge in [0.2, 0.25) is 11.4 Å². The van der Waals surface area contributed by atoms with Crippen LogP contribution >= 0.6 is 11.3 Å². The van der Waals surface area contributed by atoms with Crippen LogP contribution in [-0.4, -0.2) is 25.3 Å². The molecule has 38 heavy (non-hydrogen) atoms. The molecule has 0 radical (unpaired) electrons. The zero-order chi connectivity index (χ0) is 26.3. The Morgan fingerprint density at radius 1 is 0.947 bits per heavy atom. The maximum Gasteiger partial charge on any atom is 0.267 e. The zero-order valence-electron chi connectivity index (χ0n) is 20.9. The van der Waals surface area contributed by atoms with Crippen LogP contribution in [0.4, 0.5) is 5.69 Å². The summed E-state index contributed by atoms with van der Waals surface area (Å²) < 4.78 is 41.4. The summed E-state index contributed by atoms with van der Waals surface area (Å²) in [6, 6.07) is 29.0. The summed E-state index contributed by atoms with van der Waals surface area (Å²) >= 11 is 1.71. The average molecular weight is 544 g/mol. The number of rotatable bonds is 7. The molecule has 0 atom stereocenters. The van der Waals surface area contributed by atoms with Crippen LogP contribution in [-0.2, 0) is 17.2 Å². The first-order chi connectivity index (χ1) is 18.4. The van der Waals surface area contributed by atoms with Crippen LogP contribution in [0.3, 0.4) is 0 Å². The lowest BCUT2D eigenvalue weighted by Crippen LogP contribution is -2.30. The van der Waals surface area contributed by atoms with Crippen molar-refractivity contribution in [3.05, 3.63) is 95.8 Å². The molecule has 1 aliphatic rings. The Labute approximate surface area is 225 Å². The van der Waals surface area contributed by atoms with E-state index < -0.39 is 10.1 Å². The average Bonchev–Trinajstić information content (AvgIpc) is 3.43. The minimum Gasteiger partial charge on any atom is -0.438 e. The maximum atomic E-state index is 11.3. The first-order valence-electron chi connectivity index (χ1n) is 12.5. The van der Waals surface area contributed by atoms with Crippen LogP contribution in [0, 0.1) is 0 Å². The minimum atomic E-state index is -3.99. The van der Waals surface area contributed by atoms with E-state index in [4.69, 9.17) is 4.74 Å². The summed E-state index contributed by atoms with van der Waals surface area (Å²) in [7, 11) is -1.92. The molecule has 0 aliphatic carbocycles. The summed E-state index contributed by atoms with van der Waals surface area (Å²) in [5.41, 5.74) is 4.32. The van der Waals surface area contributed by atoms with E-state index in [2.05, 4.69) is 83.3 Å². The SMILES string of the molecule is C[n+]1c(C=C2Oc3ccc(-c4ccccc4)cc3N2CCCCS(=O)(=O)O)sc2ccc3ccccc3c21. The molecule has 192 valence electrons. The standard InChI is InChI=1S/C30H26N2O4S2/c1-31-29(37-27-16-14-22-11-5-6-12-24(22)30(27)31)20-28-32(17-7-8-18-38(33,34)35)25-19-23(13-15-26(25)36-28)21-9-3-2-4-10-21/h2-6,9-16,19-20H,7-8,17-18H2,1H3/p+1. The van der Waals surface area contributed by atoms with E-state index in [1.54, 1.807) is 11.3 Å². The summed E-state index contributed by atoms with van der Waals surface area (Å²) in [5.74, 6) is 1.21. The smallest absolute Gasteiger partial charge is 0.267 e. The van der Waals surface area contributed by atoms with Gasteiger partial charge in [-0.1, -0.05) is 72.0 Å². The Kier molecular flexibility index (Phi) is 6.39. The van der Waals surface area contributed by atoms with E-state index in [9.17, 15) is 13.0 Å². The van der Waals surface area contributed by atoms with Gasteiger partial charge in [0.1, 0.15) is 11.7 Å². The predicted octanol–water partition coefficient (Wildman–Crippen LogP) is 6.41. The molecule has 6 nitrogen and oxygen atoms in total. The number of anilines is 1. The number of aryl methyl sites for hydroxylation is 1. The van der Waals surface area contributed by atoms with E-state index >= 15 is 0 Å². The van der Waals surface area contributed by atoms with Crippen molar-refractivity contribution in [3.63, 3.8) is 0 Å². The molecule has 0 fully saturated rings. The second-order valence-electron chi connectivity index (χ2n) is 9.41. The van der Waals surface area contributed by atoms with Gasteiger partial charge in [-0.2, -0.15) is 13.0 Å². The van der Waals surface area contributed by atoms with Crippen molar-refractivity contribution in [2.45, 2.75) is 12.8 Å². The molecule has 1 aliphatic heterocycles. The molecular weight excluding hydrogens is 516 g/mol. The molecule has 5 aromatic rings. The van der Waals surface area contributed by atoms with E-state index in [0.717, 1.165) is 27.6 Å². The first-order valence-corrected chi connectivity index (χ1v) is 14.9. The lowest BCUT2D eigenvalue weighted by molar-refractivity contribution is -0.641. The molecule has 0 saturated heterocycles. The Balaban J connectivity index is 1.39. The minimum absolute atomic E-state index is 0.254. The highest BCUT2D eigenvalue weighted by molar-refractivity contribution is 7.85. The Bertz CT molecular complexity index is 1790. The third-order valence-corrected chi connectivity index (χ3v) is 8.82. The molecule has 0 saturated carbocycles. The largest absolute Gasteiger partial charge is 0.438 e. The molecule has 8 heteroatoms. The van der Waals surface area contributed by atoms with Crippen molar-refractivity contribution in [3.8, 4) is 16.9 Å². The normalized spacial score (nSPS) is 14.4. The van der Waals surface area contributed by atoms with Gasteiger partial charge in [-0.15, -0.1) is 0 Å². The van der Waals surface area contributed by atoms with Crippen molar-refractivity contribution >= 4 is 54.2 Å². The van der Waals surface area contributed by atoms with Crippen LogP contribution in [0.2, 0.25) is 0 Å². The lowest BCUT2D eigenvalue weighted by atomic mass is 10.0. The van der Waals surface area contributed by atoms with Gasteiger partial charge in [0.15, 0.2) is 5.75 Å². The lowest BCUT2D eigenvalue weighted by Gasteiger charge is -2.18. The number of aromatic nitrogens is 1. The molecule has 0 unspecified atom stereocenters. The van der Waals surface area contributed by atoms with Crippen molar-refractivity contribution in [1.82, 2.24) is 0 Å². The van der Waals surface area contributed by atoms with E-state index in [-0.39, 0.29) is 5.75 Å². The van der Waals surface area contributed by atoms with Crippen LogP contribution in [0.15, 0.2) is 90.8 Å². The summed E-state index contributed by atoms with van der Waals surface area (Å²) in [4.78, 5) is 2.11. The molecule has 2 heterocycles. The second kappa shape index (κ2) is 9.87. The summed E-state index contributed by atoms with van der Waals surface area (Å²) in [5, 5.41) is 3.45. The van der Waals surface area contributed by atoms with Crippen molar-refractivity contribution < 1.29 is 22.3 Å². The van der Waals surface area contributed by atoms with Crippen molar-refractivity contribution in [2.24, 2.45) is 7.05 Å². The molecule has 1 N–H and O–H groups in total. The van der Waals surface area contributed by atoms with Crippen LogP contribution < -0.4 is 14.2 Å². The summed E-state index contributed by atoms with van der Waals surface area (Å²) in [6.07, 6.45) is 3.00. The third-order valence-electron chi connectivity index (χ3n) is 6.86. The molecular formula is C30H27N2O4S2+. The highest BCUT2D eigenvalue weighted by Crippen LogP contribution is 2.42. The number of ether oxygens (including phenoxy) is 1. The van der Waals surface area contributed by atoms with Crippen LogP contribution in [0.5, 0.6) is 5.75 Å². The van der Waals surface area contributed by atoms with Crippen LogP contribution in [0.1, 0.15) is 17.8 Å². The van der Waals surface area contributed by atoms with E-state index in [1.165, 1.54) is 21.0 Å². The van der Waals surface area contributed by atoms with Crippen molar-refractivity contribution in [2.75, 3.05) is 17.2 Å². The van der Waals surface area contributed by atoms with Crippen molar-refractivity contribution in [1.29, 1.82) is 0 Å². The molecule has 1 aromatic heterocycles. The summed E-state index contributed by atoms with van der Waals surface area (Å²) in [6.45, 7) is 0.560. The van der Waals surface area contributed by atoms with Gasteiger partial charge < -0.3 is 9.64 Å². The van der Waals surface area contributed by atoms with Gasteiger partial charge in [0, 0.05) is 6.54 Å². The van der Waals surface area contributed by atoms with Gasteiger partial charge in [-0.3, -0.25) is 4.55 Å². The quantitative estimate of drug-likeness (QED) is 0.146. The van der Waals surface area contributed by atoms with Gasteiger partial charge >= 0.3 is 0 Å². The molecule has 4 aromatic carbocycles. The molecule has 0 bridgehead atoms. The van der Waals surface area contributed by atoms with Gasteiger partial charge in [-0.25, -0.2) is 0 Å². The predicted molar refractivity (Wildman–Crippen MR) is 154 cm³/mol. The highest BCUT2D eigenvalue weighted by atomic mass is 32.2. The fourth-order valence-electron chi connectivity index (χ4n) is 4.99. The van der Waals surface area contributed by atoms with E-state index in [1.807, 2.05) is 24.3 Å². The van der Waals surface area contributed by atoms with Gasteiger partial charge in [0.25, 0.3) is 15.1 Å². The Morgan fingerprint density at radius 3 is 2.55 bits per heavy atom. The zero-order valence-corrected chi connectivity index (χ0v) is 22.5. The van der Waals surface area contributed by atoms with Crippen LogP contribution in [0.25, 0.3) is 38.2 Å². The number of hydrogen-bond acceptors (Lipinski definition) is 5. The fraction of sp³-hybridized carbons (Fsp3) is 0.167. The molecule has 6 rings (SSSR count). The monoisotopic (exact) mass is 543 g/mol. The molecule has 0 amide bonds. The Morgan fingerprint density at radius 2 is 1.74 bits per heavy atom. The topological polar surface area (TPSA) is 70.7 Å². The number of benzene rings is 4. The number of nitrogens with zero attached hydrogens (tertiary/aromatic N) is 2. The number of hydrogen-bond donors (Lipinski definition) is 1. The second-order valence-corrected chi connectivity index (χ2v) is 12.0.